The second-order valence-corrected chi connectivity index (χ2v) is 6.60. The van der Waals surface area contributed by atoms with E-state index in [-0.39, 0.29) is 23.5 Å². The quantitative estimate of drug-likeness (QED) is 0.655. The molecule has 0 radical (unpaired) electrons. The van der Waals surface area contributed by atoms with Crippen molar-refractivity contribution >= 4 is 16.9 Å². The zero-order valence-electron chi connectivity index (χ0n) is 15.4. The van der Waals surface area contributed by atoms with Gasteiger partial charge in [-0.3, -0.25) is 18.7 Å². The van der Waals surface area contributed by atoms with E-state index < -0.39 is 11.2 Å². The highest BCUT2D eigenvalue weighted by Gasteiger charge is 2.16. The third-order valence-corrected chi connectivity index (χ3v) is 4.95. The third-order valence-electron chi connectivity index (χ3n) is 4.95. The smallest absolute Gasteiger partial charge is 0.317 e. The molecule has 3 rings (SSSR count). The topological polar surface area (TPSA) is 78.9 Å². The molecule has 1 aromatic carbocycles. The largest absolute Gasteiger partial charge is 0.332 e. The van der Waals surface area contributed by atoms with Crippen LogP contribution in [0, 0.1) is 0 Å². The van der Waals surface area contributed by atoms with Gasteiger partial charge in [0.05, 0.1) is 12.9 Å². The Morgan fingerprint density at radius 2 is 1.77 bits per heavy atom. The molecule has 2 heterocycles. The highest BCUT2D eigenvalue weighted by atomic mass is 16.2. The Labute approximate surface area is 150 Å². The van der Waals surface area contributed by atoms with Gasteiger partial charge < -0.3 is 4.57 Å². The van der Waals surface area contributed by atoms with E-state index >= 15 is 0 Å². The van der Waals surface area contributed by atoms with Crippen molar-refractivity contribution in [1.29, 1.82) is 0 Å². The number of hydrogen-bond acceptors (Lipinski definition) is 4. The van der Waals surface area contributed by atoms with Gasteiger partial charge in [0.25, 0.3) is 5.56 Å². The van der Waals surface area contributed by atoms with Crippen LogP contribution >= 0.6 is 0 Å². The molecule has 3 aromatic rings. The first-order valence-electron chi connectivity index (χ1n) is 8.59. The maximum atomic E-state index is 12.6. The number of rotatable bonds is 5. The van der Waals surface area contributed by atoms with Crippen LogP contribution in [0.4, 0.5) is 0 Å². The number of aryl methyl sites for hydroxylation is 1. The highest BCUT2D eigenvalue weighted by Crippen LogP contribution is 2.19. The fourth-order valence-electron chi connectivity index (χ4n) is 3.00. The van der Waals surface area contributed by atoms with E-state index in [9.17, 15) is 14.4 Å². The van der Waals surface area contributed by atoms with Crippen LogP contribution < -0.4 is 11.2 Å². The average molecular weight is 354 g/mol. The summed E-state index contributed by atoms with van der Waals surface area (Å²) < 4.78 is 3.83. The number of nitrogens with zero attached hydrogens (tertiary/aromatic N) is 4. The van der Waals surface area contributed by atoms with Crippen molar-refractivity contribution in [2.45, 2.75) is 32.7 Å². The molecule has 0 spiro atoms. The van der Waals surface area contributed by atoms with E-state index in [0.29, 0.717) is 11.5 Å². The van der Waals surface area contributed by atoms with Crippen LogP contribution in [0.1, 0.15) is 42.1 Å². The first-order chi connectivity index (χ1) is 12.3. The first kappa shape index (κ1) is 17.8. The molecule has 0 bridgehead atoms. The van der Waals surface area contributed by atoms with Crippen molar-refractivity contribution in [3.8, 4) is 0 Å². The summed E-state index contributed by atoms with van der Waals surface area (Å²) in [5, 5.41) is 0. The number of hydrogen-bond donors (Lipinski definition) is 0. The van der Waals surface area contributed by atoms with Crippen molar-refractivity contribution < 1.29 is 4.79 Å². The summed E-state index contributed by atoms with van der Waals surface area (Å²) in [6.07, 6.45) is 2.47. The molecule has 0 saturated carbocycles. The molecular weight excluding hydrogens is 332 g/mol. The first-order valence-corrected chi connectivity index (χ1v) is 8.59. The second-order valence-electron chi connectivity index (χ2n) is 6.60. The van der Waals surface area contributed by atoms with Crippen molar-refractivity contribution in [2.75, 3.05) is 0 Å². The summed E-state index contributed by atoms with van der Waals surface area (Å²) in [4.78, 5) is 41.2. The summed E-state index contributed by atoms with van der Waals surface area (Å²) >= 11 is 0. The van der Waals surface area contributed by atoms with Crippen LogP contribution in [0.5, 0.6) is 0 Å². The van der Waals surface area contributed by atoms with Crippen molar-refractivity contribution in [1.82, 2.24) is 18.7 Å². The molecule has 0 unspecified atom stereocenters. The van der Waals surface area contributed by atoms with Crippen molar-refractivity contribution in [3.05, 3.63) is 62.6 Å². The zero-order chi connectivity index (χ0) is 19.0. The number of fused-ring (bicyclic) bond motifs is 1. The van der Waals surface area contributed by atoms with E-state index in [0.717, 1.165) is 11.0 Å². The lowest BCUT2D eigenvalue weighted by Gasteiger charge is -2.10. The number of carbonyl (C=O) groups is 1. The Morgan fingerprint density at radius 3 is 2.38 bits per heavy atom. The van der Waals surface area contributed by atoms with E-state index in [1.807, 2.05) is 24.3 Å². The van der Waals surface area contributed by atoms with E-state index in [1.165, 1.54) is 28.1 Å². The van der Waals surface area contributed by atoms with Gasteiger partial charge in [0.1, 0.15) is 0 Å². The van der Waals surface area contributed by atoms with Crippen LogP contribution in [0.25, 0.3) is 11.2 Å². The number of ketones is 1. The molecule has 7 nitrogen and oxygen atoms in total. The molecule has 0 amide bonds. The number of benzene rings is 1. The Hall–Kier alpha value is -2.96. The van der Waals surface area contributed by atoms with Gasteiger partial charge in [0.2, 0.25) is 0 Å². The van der Waals surface area contributed by atoms with Gasteiger partial charge in [-0.2, -0.15) is 0 Å². The molecule has 1 atom stereocenters. The molecule has 136 valence electrons. The third kappa shape index (κ3) is 2.89. The summed E-state index contributed by atoms with van der Waals surface area (Å²) in [6.45, 7) is 4.27. The summed E-state index contributed by atoms with van der Waals surface area (Å²) in [7, 11) is 2.97. The van der Waals surface area contributed by atoms with Gasteiger partial charge in [-0.15, -0.1) is 0 Å². The Balaban J connectivity index is 1.96. The lowest BCUT2D eigenvalue weighted by molar-refractivity contribution is 0.0973. The Morgan fingerprint density at radius 1 is 1.12 bits per heavy atom. The number of imidazole rings is 1. The van der Waals surface area contributed by atoms with Gasteiger partial charge >= 0.3 is 5.69 Å². The zero-order valence-corrected chi connectivity index (χ0v) is 15.4. The van der Waals surface area contributed by atoms with E-state index in [2.05, 4.69) is 18.8 Å². The minimum atomic E-state index is -0.458. The maximum absolute atomic E-state index is 12.6. The molecule has 0 N–H and O–H groups in total. The number of Topliss-reactive ketones (excluding diaryl/α,β-unsaturated/α-hetero) is 1. The number of aromatic nitrogens is 4. The standard InChI is InChI=1S/C19H22N4O3/c1-5-12(2)13-6-8-14(9-7-13)15(24)10-23-11-20-17-16(23)18(25)22(4)19(26)21(17)3/h6-9,11-12H,5,10H2,1-4H3/t12-/m0/s1. The van der Waals surface area contributed by atoms with E-state index in [1.54, 1.807) is 7.05 Å². The van der Waals surface area contributed by atoms with Gasteiger partial charge in [-0.05, 0) is 17.9 Å². The fourth-order valence-corrected chi connectivity index (χ4v) is 3.00. The Kier molecular flexibility index (Phi) is 4.63. The molecular formula is C19H22N4O3. The fraction of sp³-hybridized carbons (Fsp3) is 0.368. The normalized spacial score (nSPS) is 12.5. The molecule has 0 aliphatic rings. The summed E-state index contributed by atoms with van der Waals surface area (Å²) in [6, 6.07) is 7.57. The molecule has 2 aromatic heterocycles. The highest BCUT2D eigenvalue weighted by molar-refractivity contribution is 5.96. The van der Waals surface area contributed by atoms with Crippen molar-refractivity contribution in [3.63, 3.8) is 0 Å². The molecule has 0 saturated heterocycles. The lowest BCUT2D eigenvalue weighted by Crippen LogP contribution is -2.37. The molecule has 0 aliphatic heterocycles. The summed E-state index contributed by atoms with van der Waals surface area (Å²) in [5.74, 6) is 0.331. The van der Waals surface area contributed by atoms with Gasteiger partial charge in [0, 0.05) is 19.7 Å². The molecule has 26 heavy (non-hydrogen) atoms. The van der Waals surface area contributed by atoms with Gasteiger partial charge in [0.15, 0.2) is 16.9 Å². The Bertz CT molecular complexity index is 1090. The molecule has 0 aliphatic carbocycles. The van der Waals surface area contributed by atoms with Gasteiger partial charge in [-0.25, -0.2) is 9.78 Å². The SMILES string of the molecule is CC[C@H](C)c1ccc(C(=O)Cn2cnc3c2c(=O)n(C)c(=O)n3C)cc1. The predicted molar refractivity (Wildman–Crippen MR) is 99.7 cm³/mol. The van der Waals surface area contributed by atoms with Crippen LogP contribution in [0.3, 0.4) is 0 Å². The molecule has 7 heteroatoms. The monoisotopic (exact) mass is 354 g/mol. The van der Waals surface area contributed by atoms with Crippen LogP contribution in [0.2, 0.25) is 0 Å². The van der Waals surface area contributed by atoms with Crippen LogP contribution in [-0.4, -0.2) is 24.5 Å². The molecule has 0 fully saturated rings. The minimum absolute atomic E-state index is 0.00732. The number of carbonyl (C=O) groups excluding carboxylic acids is 1. The predicted octanol–water partition coefficient (Wildman–Crippen LogP) is 1.83. The minimum Gasteiger partial charge on any atom is -0.317 e. The van der Waals surface area contributed by atoms with Gasteiger partial charge in [-0.1, -0.05) is 38.1 Å². The van der Waals surface area contributed by atoms with Crippen LogP contribution in [0.15, 0.2) is 40.2 Å². The average Bonchev–Trinajstić information content (AvgIpc) is 3.07. The second kappa shape index (κ2) is 6.74. The van der Waals surface area contributed by atoms with E-state index in [4.69, 9.17) is 0 Å². The van der Waals surface area contributed by atoms with Crippen molar-refractivity contribution in [2.24, 2.45) is 14.1 Å². The maximum Gasteiger partial charge on any atom is 0.332 e. The summed E-state index contributed by atoms with van der Waals surface area (Å²) in [5.41, 5.74) is 1.40. The van der Waals surface area contributed by atoms with Crippen LogP contribution in [-0.2, 0) is 20.6 Å². The lowest BCUT2D eigenvalue weighted by atomic mass is 9.97.